The van der Waals surface area contributed by atoms with E-state index in [1.165, 1.54) is 13.3 Å². The molecule has 9 nitrogen and oxygen atoms in total. The molecule has 2 aromatic heterocycles. The number of likely N-dealkylation sites (tertiary alicyclic amines) is 1. The molecule has 0 aliphatic carbocycles. The molecule has 1 aliphatic rings. The zero-order valence-corrected chi connectivity index (χ0v) is 26.2. The Labute approximate surface area is 267 Å². The van der Waals surface area contributed by atoms with Gasteiger partial charge in [-0.05, 0) is 79.3 Å². The van der Waals surface area contributed by atoms with Crippen LogP contribution in [0.1, 0.15) is 62.5 Å². The molecule has 3 heterocycles. The van der Waals surface area contributed by atoms with Gasteiger partial charge in [-0.1, -0.05) is 48.4 Å². The Bertz CT molecular complexity index is 1760. The van der Waals surface area contributed by atoms with Gasteiger partial charge < -0.3 is 15.2 Å². The fraction of sp³-hybridized carbons (Fsp3) is 0.286. The van der Waals surface area contributed by atoms with E-state index in [9.17, 15) is 19.5 Å². The molecular formula is C35H35ClN4O5. The number of aryl methyl sites for hydroxylation is 1. The van der Waals surface area contributed by atoms with E-state index in [4.69, 9.17) is 16.3 Å². The third kappa shape index (κ3) is 7.21. The molecule has 0 spiro atoms. The summed E-state index contributed by atoms with van der Waals surface area (Å²) in [5, 5.41) is 13.0. The van der Waals surface area contributed by atoms with E-state index >= 15 is 0 Å². The summed E-state index contributed by atoms with van der Waals surface area (Å²) in [4.78, 5) is 48.6. The lowest BCUT2D eigenvalue weighted by Gasteiger charge is -2.33. The highest BCUT2D eigenvalue weighted by atomic mass is 35.5. The van der Waals surface area contributed by atoms with Crippen LogP contribution in [0.3, 0.4) is 0 Å². The fourth-order valence-corrected chi connectivity index (χ4v) is 5.98. The number of carboxylic acids is 1. The van der Waals surface area contributed by atoms with Gasteiger partial charge in [-0.3, -0.25) is 29.3 Å². The van der Waals surface area contributed by atoms with Crippen LogP contribution in [0.5, 0.6) is 5.75 Å². The lowest BCUT2D eigenvalue weighted by atomic mass is 9.95. The van der Waals surface area contributed by atoms with E-state index in [2.05, 4.69) is 15.3 Å². The smallest absolute Gasteiger partial charge is 0.320 e. The number of ketones is 1. The van der Waals surface area contributed by atoms with Crippen LogP contribution >= 0.6 is 11.6 Å². The summed E-state index contributed by atoms with van der Waals surface area (Å²) in [7, 11) is 1.53. The van der Waals surface area contributed by atoms with Crippen molar-refractivity contribution in [3.8, 4) is 16.9 Å². The maximum absolute atomic E-state index is 13.4. The van der Waals surface area contributed by atoms with Gasteiger partial charge in [-0.25, -0.2) is 0 Å². The molecule has 2 N–H and O–H groups in total. The highest BCUT2D eigenvalue weighted by Gasteiger charge is 2.29. The summed E-state index contributed by atoms with van der Waals surface area (Å²) in [6.45, 7) is 5.02. The van der Waals surface area contributed by atoms with Gasteiger partial charge in [0.15, 0.2) is 5.78 Å². The van der Waals surface area contributed by atoms with Crippen LogP contribution < -0.4 is 10.1 Å². The van der Waals surface area contributed by atoms with Gasteiger partial charge in [0.05, 0.1) is 12.1 Å². The Morgan fingerprint density at radius 3 is 2.53 bits per heavy atom. The first kappa shape index (κ1) is 31.8. The van der Waals surface area contributed by atoms with E-state index in [0.29, 0.717) is 40.7 Å². The lowest BCUT2D eigenvalue weighted by molar-refractivity contribution is -0.144. The fourth-order valence-electron chi connectivity index (χ4n) is 5.68. The number of carbonyl (C=O) groups excluding carboxylic acids is 2. The van der Waals surface area contributed by atoms with E-state index in [-0.39, 0.29) is 23.8 Å². The number of pyridine rings is 2. The molecule has 0 unspecified atom stereocenters. The van der Waals surface area contributed by atoms with Crippen LogP contribution in [-0.4, -0.2) is 57.3 Å². The number of aromatic nitrogens is 2. The van der Waals surface area contributed by atoms with Crippen molar-refractivity contribution < 1.29 is 24.2 Å². The van der Waals surface area contributed by atoms with Crippen molar-refractivity contribution in [3.05, 3.63) is 106 Å². The van der Waals surface area contributed by atoms with Crippen LogP contribution in [0, 0.1) is 13.8 Å². The first-order valence-electron chi connectivity index (χ1n) is 14.8. The molecule has 0 bridgehead atoms. The van der Waals surface area contributed by atoms with E-state index in [1.807, 2.05) is 55.1 Å². The van der Waals surface area contributed by atoms with E-state index < -0.39 is 12.0 Å². The number of nitrogens with one attached hydrogen (secondary N) is 1. The number of amides is 1. The normalized spacial score (nSPS) is 15.0. The zero-order valence-electron chi connectivity index (χ0n) is 25.5. The molecule has 0 saturated carbocycles. The molecule has 0 radical (unpaired) electrons. The van der Waals surface area contributed by atoms with Crippen molar-refractivity contribution >= 4 is 34.9 Å². The summed E-state index contributed by atoms with van der Waals surface area (Å²) in [5.74, 6) is -0.811. The number of anilines is 1. The topological polar surface area (TPSA) is 122 Å². The zero-order chi connectivity index (χ0) is 32.1. The number of halogens is 1. The van der Waals surface area contributed by atoms with Gasteiger partial charge >= 0.3 is 5.97 Å². The predicted molar refractivity (Wildman–Crippen MR) is 173 cm³/mol. The van der Waals surface area contributed by atoms with Gasteiger partial charge in [-0.15, -0.1) is 0 Å². The second-order valence-corrected chi connectivity index (χ2v) is 11.6. The number of Topliss-reactive ketones (excluding diaryl/α,β-unsaturated/α-hetero) is 1. The lowest BCUT2D eigenvalue weighted by Crippen LogP contribution is -2.44. The molecule has 10 heteroatoms. The molecule has 1 atom stereocenters. The average Bonchev–Trinajstić information content (AvgIpc) is 3.04. The van der Waals surface area contributed by atoms with Crippen molar-refractivity contribution in [2.24, 2.45) is 0 Å². The van der Waals surface area contributed by atoms with Gasteiger partial charge in [0.2, 0.25) is 0 Å². The Balaban J connectivity index is 1.32. The highest BCUT2D eigenvalue weighted by molar-refractivity contribution is 6.34. The second kappa shape index (κ2) is 14.0. The quantitative estimate of drug-likeness (QED) is 0.190. The Morgan fingerprint density at radius 2 is 1.78 bits per heavy atom. The average molecular weight is 627 g/mol. The van der Waals surface area contributed by atoms with Crippen molar-refractivity contribution in [3.63, 3.8) is 0 Å². The Hall–Kier alpha value is -4.60. The summed E-state index contributed by atoms with van der Waals surface area (Å²) < 4.78 is 5.20. The number of carboxylic acid groups (broad SMARTS) is 1. The third-order valence-electron chi connectivity index (χ3n) is 8.28. The number of piperidine rings is 1. The minimum Gasteiger partial charge on any atom is -0.497 e. The summed E-state index contributed by atoms with van der Waals surface area (Å²) >= 11 is 6.90. The molecule has 1 saturated heterocycles. The summed E-state index contributed by atoms with van der Waals surface area (Å²) in [5.41, 5.74) is 6.00. The van der Waals surface area contributed by atoms with Gasteiger partial charge in [0.1, 0.15) is 23.2 Å². The predicted octanol–water partition coefficient (Wildman–Crippen LogP) is 6.54. The number of nitrogens with zero attached hydrogens (tertiary/aromatic N) is 3. The van der Waals surface area contributed by atoms with Gasteiger partial charge in [0.25, 0.3) is 5.91 Å². The molecule has 1 amide bonds. The highest BCUT2D eigenvalue weighted by Crippen LogP contribution is 2.36. The molecule has 1 aliphatic heterocycles. The Morgan fingerprint density at radius 1 is 1.00 bits per heavy atom. The molecule has 2 aromatic carbocycles. The minimum atomic E-state index is -0.802. The molecule has 5 rings (SSSR count). The SMILES string of the molecule is COc1ccnc(C(=O)Nc2cccc(-c3cccc(CC(=O)c4cc(C)c(CN5CCCC[C@H]5C(=O)O)cn4)c3Cl)c2C)c1. The van der Waals surface area contributed by atoms with Crippen molar-refractivity contribution in [2.75, 3.05) is 19.0 Å². The summed E-state index contributed by atoms with van der Waals surface area (Å²) in [6, 6.07) is 15.6. The number of benzene rings is 2. The standard InChI is InChI=1S/C35H35ClN4O5/c1-21-16-29(38-19-24(21)20-40-15-5-4-12-31(40)35(43)44)32(41)17-23-8-6-10-27(33(23)36)26-9-7-11-28(22(26)2)39-34(42)30-18-25(45-3)13-14-37-30/h6-11,13-14,16,18-19,31H,4-5,12,15,17,20H2,1-3H3,(H,39,42)(H,43,44)/t31-/m0/s1. The first-order valence-corrected chi connectivity index (χ1v) is 15.2. The largest absolute Gasteiger partial charge is 0.497 e. The number of rotatable bonds is 10. The van der Waals surface area contributed by atoms with Crippen LogP contribution in [0.2, 0.25) is 5.02 Å². The minimum absolute atomic E-state index is 0.0582. The van der Waals surface area contributed by atoms with E-state index in [1.54, 1.807) is 24.4 Å². The maximum Gasteiger partial charge on any atom is 0.320 e. The Kier molecular flexibility index (Phi) is 9.90. The van der Waals surface area contributed by atoms with E-state index in [0.717, 1.165) is 47.2 Å². The van der Waals surface area contributed by atoms with Crippen LogP contribution in [0.4, 0.5) is 5.69 Å². The molecular weight excluding hydrogens is 592 g/mol. The van der Waals surface area contributed by atoms with Gasteiger partial charge in [-0.2, -0.15) is 0 Å². The number of methoxy groups -OCH3 is 1. The molecule has 1 fully saturated rings. The number of hydrogen-bond donors (Lipinski definition) is 2. The number of aliphatic carboxylic acids is 1. The third-order valence-corrected chi connectivity index (χ3v) is 8.73. The molecule has 4 aromatic rings. The second-order valence-electron chi connectivity index (χ2n) is 11.2. The van der Waals surface area contributed by atoms with Crippen molar-refractivity contribution in [1.82, 2.24) is 14.9 Å². The first-order chi connectivity index (χ1) is 21.7. The number of hydrogen-bond acceptors (Lipinski definition) is 7. The molecule has 232 valence electrons. The number of ether oxygens (including phenoxy) is 1. The van der Waals surface area contributed by atoms with Crippen LogP contribution in [-0.2, 0) is 17.8 Å². The van der Waals surface area contributed by atoms with Crippen LogP contribution in [0.25, 0.3) is 11.1 Å². The monoisotopic (exact) mass is 626 g/mol. The van der Waals surface area contributed by atoms with Crippen molar-refractivity contribution in [1.29, 1.82) is 0 Å². The number of carbonyl (C=O) groups is 3. The molecule has 45 heavy (non-hydrogen) atoms. The van der Waals surface area contributed by atoms with Gasteiger partial charge in [0, 0.05) is 42.7 Å². The summed E-state index contributed by atoms with van der Waals surface area (Å²) in [6.07, 6.45) is 5.76. The van der Waals surface area contributed by atoms with Crippen molar-refractivity contribution in [2.45, 2.75) is 52.1 Å². The maximum atomic E-state index is 13.4. The van der Waals surface area contributed by atoms with Crippen LogP contribution in [0.15, 0.2) is 67.0 Å².